The summed E-state index contributed by atoms with van der Waals surface area (Å²) in [6.45, 7) is 3.45. The highest BCUT2D eigenvalue weighted by molar-refractivity contribution is 5.94. The van der Waals surface area contributed by atoms with Crippen LogP contribution in [0.25, 0.3) is 0 Å². The molecular formula is C23H26N4O4. The van der Waals surface area contributed by atoms with Gasteiger partial charge < -0.3 is 19.6 Å². The van der Waals surface area contributed by atoms with Gasteiger partial charge in [-0.15, -0.1) is 0 Å². The summed E-state index contributed by atoms with van der Waals surface area (Å²) in [6, 6.07) is 14.5. The molecule has 8 nitrogen and oxygen atoms in total. The Balaban J connectivity index is 1.39. The molecule has 0 saturated carbocycles. The second kappa shape index (κ2) is 9.61. The monoisotopic (exact) mass is 422 g/mol. The lowest BCUT2D eigenvalue weighted by Crippen LogP contribution is -2.45. The molecule has 0 bridgehead atoms. The number of nitrogens with zero attached hydrogens (tertiary/aromatic N) is 2. The number of likely N-dealkylation sites (tertiary alicyclic amines) is 1. The van der Waals surface area contributed by atoms with E-state index in [4.69, 9.17) is 8.94 Å². The molecule has 8 heteroatoms. The third-order valence-electron chi connectivity index (χ3n) is 5.53. The average molecular weight is 422 g/mol. The van der Waals surface area contributed by atoms with Crippen molar-refractivity contribution in [2.75, 3.05) is 18.4 Å². The Hall–Kier alpha value is -3.39. The lowest BCUT2D eigenvalue weighted by Gasteiger charge is -2.36. The minimum atomic E-state index is -0.467. The molecule has 0 aliphatic carbocycles. The lowest BCUT2D eigenvalue weighted by atomic mass is 9.93. The van der Waals surface area contributed by atoms with E-state index in [2.05, 4.69) is 20.7 Å². The SMILES string of the molecule is Cc1cc(NC(=O)C(c2ccccc2)N2CCC(C(=O)NCc3ccco3)CC2)no1. The second-order valence-electron chi connectivity index (χ2n) is 7.73. The van der Waals surface area contributed by atoms with Crippen LogP contribution in [0.4, 0.5) is 5.82 Å². The number of furan rings is 1. The fourth-order valence-electron chi connectivity index (χ4n) is 3.93. The highest BCUT2D eigenvalue weighted by Gasteiger charge is 2.33. The lowest BCUT2D eigenvalue weighted by molar-refractivity contribution is -0.127. The number of amides is 2. The molecular weight excluding hydrogens is 396 g/mol. The van der Waals surface area contributed by atoms with Crippen molar-refractivity contribution in [1.82, 2.24) is 15.4 Å². The van der Waals surface area contributed by atoms with Crippen LogP contribution in [0.15, 0.2) is 63.7 Å². The van der Waals surface area contributed by atoms with Crippen LogP contribution in [0.5, 0.6) is 0 Å². The Bertz CT molecular complexity index is 992. The number of benzene rings is 1. The van der Waals surface area contributed by atoms with Crippen LogP contribution in [-0.4, -0.2) is 35.0 Å². The van der Waals surface area contributed by atoms with Crippen LogP contribution >= 0.6 is 0 Å². The summed E-state index contributed by atoms with van der Waals surface area (Å²) in [7, 11) is 0. The predicted octanol–water partition coefficient (Wildman–Crippen LogP) is 3.28. The zero-order valence-electron chi connectivity index (χ0n) is 17.4. The Kier molecular flexibility index (Phi) is 6.47. The average Bonchev–Trinajstić information content (AvgIpc) is 3.45. The Morgan fingerprint density at radius 2 is 1.94 bits per heavy atom. The van der Waals surface area contributed by atoms with Gasteiger partial charge in [-0.1, -0.05) is 35.5 Å². The molecule has 3 aromatic rings. The molecule has 31 heavy (non-hydrogen) atoms. The van der Waals surface area contributed by atoms with Crippen LogP contribution in [0, 0.1) is 12.8 Å². The van der Waals surface area contributed by atoms with E-state index < -0.39 is 6.04 Å². The number of hydrogen-bond donors (Lipinski definition) is 2. The van der Waals surface area contributed by atoms with Crippen molar-refractivity contribution in [3.05, 3.63) is 71.9 Å². The summed E-state index contributed by atoms with van der Waals surface area (Å²) in [5, 5.41) is 9.66. The van der Waals surface area contributed by atoms with Gasteiger partial charge in [0.25, 0.3) is 0 Å². The first-order valence-electron chi connectivity index (χ1n) is 10.4. The van der Waals surface area contributed by atoms with E-state index >= 15 is 0 Å². The number of aryl methyl sites for hydroxylation is 1. The number of piperidine rings is 1. The van der Waals surface area contributed by atoms with Gasteiger partial charge in [0.05, 0.1) is 12.8 Å². The van der Waals surface area contributed by atoms with Gasteiger partial charge in [-0.3, -0.25) is 14.5 Å². The van der Waals surface area contributed by atoms with Crippen molar-refractivity contribution in [1.29, 1.82) is 0 Å². The van der Waals surface area contributed by atoms with E-state index in [1.165, 1.54) is 0 Å². The molecule has 2 amide bonds. The van der Waals surface area contributed by atoms with Gasteiger partial charge in [-0.2, -0.15) is 0 Å². The van der Waals surface area contributed by atoms with Crippen molar-refractivity contribution in [2.24, 2.45) is 5.92 Å². The Morgan fingerprint density at radius 3 is 2.58 bits per heavy atom. The smallest absolute Gasteiger partial charge is 0.247 e. The minimum absolute atomic E-state index is 0.0230. The third-order valence-corrected chi connectivity index (χ3v) is 5.53. The van der Waals surface area contributed by atoms with Crippen LogP contribution in [0.1, 0.15) is 36.0 Å². The molecule has 1 aromatic carbocycles. The van der Waals surface area contributed by atoms with Gasteiger partial charge in [-0.25, -0.2) is 0 Å². The minimum Gasteiger partial charge on any atom is -0.467 e. The van der Waals surface area contributed by atoms with Gasteiger partial charge in [0.1, 0.15) is 17.6 Å². The zero-order chi connectivity index (χ0) is 21.6. The number of carbonyl (C=O) groups is 2. The van der Waals surface area contributed by atoms with E-state index in [1.54, 1.807) is 25.3 Å². The first-order valence-corrected chi connectivity index (χ1v) is 10.4. The van der Waals surface area contributed by atoms with Crippen molar-refractivity contribution >= 4 is 17.6 Å². The van der Waals surface area contributed by atoms with Crippen molar-refractivity contribution in [2.45, 2.75) is 32.4 Å². The molecule has 1 aliphatic heterocycles. The van der Waals surface area contributed by atoms with Gasteiger partial charge in [0.15, 0.2) is 5.82 Å². The quantitative estimate of drug-likeness (QED) is 0.606. The highest BCUT2D eigenvalue weighted by Crippen LogP contribution is 2.28. The molecule has 1 atom stereocenters. The predicted molar refractivity (Wildman–Crippen MR) is 114 cm³/mol. The van der Waals surface area contributed by atoms with Gasteiger partial charge in [-0.05, 0) is 50.6 Å². The van der Waals surface area contributed by atoms with Crippen molar-refractivity contribution in [3.63, 3.8) is 0 Å². The molecule has 1 saturated heterocycles. The number of anilines is 1. The molecule has 0 spiro atoms. The first-order chi connectivity index (χ1) is 15.1. The highest BCUT2D eigenvalue weighted by atomic mass is 16.5. The van der Waals surface area contributed by atoms with E-state index in [1.807, 2.05) is 36.4 Å². The largest absolute Gasteiger partial charge is 0.467 e. The normalized spacial score (nSPS) is 16.0. The summed E-state index contributed by atoms with van der Waals surface area (Å²) in [6.07, 6.45) is 2.96. The van der Waals surface area contributed by atoms with Gasteiger partial charge >= 0.3 is 0 Å². The molecule has 1 fully saturated rings. The zero-order valence-corrected chi connectivity index (χ0v) is 17.4. The summed E-state index contributed by atoms with van der Waals surface area (Å²) in [5.41, 5.74) is 0.904. The topological polar surface area (TPSA) is 101 Å². The summed E-state index contributed by atoms with van der Waals surface area (Å²) >= 11 is 0. The number of carbonyl (C=O) groups excluding carboxylic acids is 2. The summed E-state index contributed by atoms with van der Waals surface area (Å²) < 4.78 is 10.3. The number of aromatic nitrogens is 1. The summed E-state index contributed by atoms with van der Waals surface area (Å²) in [4.78, 5) is 27.8. The fraction of sp³-hybridized carbons (Fsp3) is 0.348. The Labute approximate surface area is 180 Å². The third kappa shape index (κ3) is 5.21. The maximum absolute atomic E-state index is 13.1. The first kappa shape index (κ1) is 20.9. The molecule has 162 valence electrons. The maximum atomic E-state index is 13.1. The van der Waals surface area contributed by atoms with Gasteiger partial charge in [0, 0.05) is 12.0 Å². The number of nitrogens with one attached hydrogen (secondary N) is 2. The van der Waals surface area contributed by atoms with Crippen LogP contribution < -0.4 is 10.6 Å². The molecule has 1 aliphatic rings. The van der Waals surface area contributed by atoms with Crippen LogP contribution in [0.3, 0.4) is 0 Å². The van der Waals surface area contributed by atoms with E-state index in [-0.39, 0.29) is 17.7 Å². The number of hydrogen-bond acceptors (Lipinski definition) is 6. The fourth-order valence-corrected chi connectivity index (χ4v) is 3.93. The standard InChI is InChI=1S/C23H26N4O4/c1-16-14-20(26-31-16)25-23(29)21(17-6-3-2-4-7-17)27-11-9-18(10-12-27)22(28)24-15-19-8-5-13-30-19/h2-8,13-14,18,21H,9-12,15H2,1H3,(H,24,28)(H,25,26,29). The molecule has 1 unspecified atom stereocenters. The molecule has 2 N–H and O–H groups in total. The van der Waals surface area contributed by atoms with Crippen LogP contribution in [0.2, 0.25) is 0 Å². The second-order valence-corrected chi connectivity index (χ2v) is 7.73. The molecule has 0 radical (unpaired) electrons. The number of rotatable bonds is 7. The van der Waals surface area contributed by atoms with E-state index in [0.717, 1.165) is 11.3 Å². The van der Waals surface area contributed by atoms with Crippen molar-refractivity contribution < 1.29 is 18.5 Å². The van der Waals surface area contributed by atoms with E-state index in [9.17, 15) is 9.59 Å². The van der Waals surface area contributed by atoms with Crippen LogP contribution in [-0.2, 0) is 16.1 Å². The summed E-state index contributed by atoms with van der Waals surface area (Å²) in [5.74, 6) is 1.54. The van der Waals surface area contributed by atoms with Crippen molar-refractivity contribution in [3.8, 4) is 0 Å². The Morgan fingerprint density at radius 1 is 1.16 bits per heavy atom. The maximum Gasteiger partial charge on any atom is 0.247 e. The molecule has 4 rings (SSSR count). The molecule has 3 heterocycles. The van der Waals surface area contributed by atoms with E-state index in [0.29, 0.717) is 44.1 Å². The molecule has 2 aromatic heterocycles. The van der Waals surface area contributed by atoms with Gasteiger partial charge in [0.2, 0.25) is 11.8 Å².